The van der Waals surface area contributed by atoms with Crippen molar-refractivity contribution in [2.75, 3.05) is 0 Å². The summed E-state index contributed by atoms with van der Waals surface area (Å²) in [5, 5.41) is 7.06. The van der Waals surface area contributed by atoms with Gasteiger partial charge in [-0.05, 0) is 24.6 Å². The molecule has 0 radical (unpaired) electrons. The molecule has 0 aliphatic rings. The molecule has 162 valence electrons. The maximum absolute atomic E-state index is 12.7. The van der Waals surface area contributed by atoms with Gasteiger partial charge in [0, 0.05) is 18.0 Å². The minimum absolute atomic E-state index is 0.149. The van der Waals surface area contributed by atoms with E-state index in [1.54, 1.807) is 29.4 Å². The third-order valence-electron chi connectivity index (χ3n) is 5.18. The Morgan fingerprint density at radius 3 is 2.52 bits per heavy atom. The van der Waals surface area contributed by atoms with Gasteiger partial charge in [0.2, 0.25) is 5.82 Å². The number of imidazole rings is 1. The summed E-state index contributed by atoms with van der Waals surface area (Å²) >= 11 is 0. The molecule has 1 amide bonds. The number of pyridine rings is 1. The Kier molecular flexibility index (Phi) is 5.47. The van der Waals surface area contributed by atoms with Gasteiger partial charge in [0.25, 0.3) is 11.8 Å². The first-order chi connectivity index (χ1) is 16.2. The maximum atomic E-state index is 12.7. The van der Waals surface area contributed by atoms with Crippen LogP contribution in [-0.2, 0) is 0 Å². The summed E-state index contributed by atoms with van der Waals surface area (Å²) < 4.78 is 7.18. The predicted molar refractivity (Wildman–Crippen MR) is 122 cm³/mol. The molecule has 33 heavy (non-hydrogen) atoms. The van der Waals surface area contributed by atoms with Crippen molar-refractivity contribution in [3.63, 3.8) is 0 Å². The number of carbonyl (C=O) groups is 1. The van der Waals surface area contributed by atoms with Gasteiger partial charge in [-0.15, -0.1) is 0 Å². The third kappa shape index (κ3) is 4.27. The van der Waals surface area contributed by atoms with E-state index in [1.165, 1.54) is 0 Å². The Morgan fingerprint density at radius 1 is 0.970 bits per heavy atom. The zero-order chi connectivity index (χ0) is 22.6. The zero-order valence-corrected chi connectivity index (χ0v) is 17.8. The van der Waals surface area contributed by atoms with Crippen LogP contribution in [0.2, 0.25) is 0 Å². The number of nitrogens with zero attached hydrogens (tertiary/aromatic N) is 5. The highest BCUT2D eigenvalue weighted by Gasteiger charge is 2.19. The average molecular weight is 436 g/mol. The Labute approximate surface area is 190 Å². The molecule has 0 fully saturated rings. The van der Waals surface area contributed by atoms with E-state index < -0.39 is 0 Å². The van der Waals surface area contributed by atoms with Crippen LogP contribution in [0, 0.1) is 0 Å². The molecule has 0 spiro atoms. The molecule has 5 aromatic rings. The number of hydrogen-bond donors (Lipinski definition) is 1. The third-order valence-corrected chi connectivity index (χ3v) is 5.18. The second-order valence-corrected chi connectivity index (χ2v) is 7.44. The van der Waals surface area contributed by atoms with Gasteiger partial charge in [-0.1, -0.05) is 65.8 Å². The van der Waals surface area contributed by atoms with E-state index in [0.29, 0.717) is 23.1 Å². The van der Waals surface area contributed by atoms with Crippen molar-refractivity contribution in [1.82, 2.24) is 30.0 Å². The quantitative estimate of drug-likeness (QED) is 0.422. The van der Waals surface area contributed by atoms with Gasteiger partial charge in [-0.25, -0.2) is 9.97 Å². The monoisotopic (exact) mass is 436 g/mol. The summed E-state index contributed by atoms with van der Waals surface area (Å²) in [6, 6.07) is 22.8. The fraction of sp³-hybridized carbons (Fsp3) is 0.0800. The molecule has 8 nitrogen and oxygen atoms in total. The minimum atomic E-state index is -0.272. The molecule has 1 unspecified atom stereocenters. The molecule has 0 aliphatic heterocycles. The van der Waals surface area contributed by atoms with Crippen molar-refractivity contribution < 1.29 is 9.32 Å². The van der Waals surface area contributed by atoms with Crippen molar-refractivity contribution in [2.24, 2.45) is 0 Å². The summed E-state index contributed by atoms with van der Waals surface area (Å²) in [6.07, 6.45) is 4.83. The van der Waals surface area contributed by atoms with Crippen LogP contribution >= 0.6 is 0 Å². The van der Waals surface area contributed by atoms with Gasteiger partial charge in [-0.3, -0.25) is 9.36 Å². The maximum Gasteiger partial charge on any atom is 0.271 e. The highest BCUT2D eigenvalue weighted by Crippen LogP contribution is 2.26. The first kappa shape index (κ1) is 20.3. The summed E-state index contributed by atoms with van der Waals surface area (Å²) in [7, 11) is 0. The summed E-state index contributed by atoms with van der Waals surface area (Å²) in [4.78, 5) is 26.0. The van der Waals surface area contributed by atoms with E-state index >= 15 is 0 Å². The molecule has 0 bridgehead atoms. The van der Waals surface area contributed by atoms with Crippen LogP contribution in [0.4, 0.5) is 0 Å². The van der Waals surface area contributed by atoms with Crippen molar-refractivity contribution in [2.45, 2.75) is 13.0 Å². The molecular formula is C25H20N6O2. The highest BCUT2D eigenvalue weighted by molar-refractivity contribution is 5.92. The second kappa shape index (κ2) is 8.88. The molecule has 3 heterocycles. The fourth-order valence-electron chi connectivity index (χ4n) is 3.46. The molecule has 3 aromatic heterocycles. The van der Waals surface area contributed by atoms with Crippen LogP contribution in [-0.4, -0.2) is 30.6 Å². The lowest BCUT2D eigenvalue weighted by molar-refractivity contribution is 0.0935. The fourth-order valence-corrected chi connectivity index (χ4v) is 3.46. The number of benzene rings is 2. The Balaban J connectivity index is 1.40. The molecule has 0 saturated carbocycles. The van der Waals surface area contributed by atoms with Gasteiger partial charge < -0.3 is 9.84 Å². The molecule has 0 aliphatic carbocycles. The van der Waals surface area contributed by atoms with E-state index in [9.17, 15) is 4.79 Å². The molecular weight excluding hydrogens is 416 g/mol. The van der Waals surface area contributed by atoms with Crippen LogP contribution in [0.1, 0.15) is 29.0 Å². The van der Waals surface area contributed by atoms with Crippen LogP contribution in [0.25, 0.3) is 28.7 Å². The second-order valence-electron chi connectivity index (χ2n) is 7.44. The van der Waals surface area contributed by atoms with E-state index in [1.807, 2.05) is 73.7 Å². The van der Waals surface area contributed by atoms with Crippen LogP contribution in [0.3, 0.4) is 0 Å². The van der Waals surface area contributed by atoms with E-state index in [4.69, 9.17) is 4.52 Å². The van der Waals surface area contributed by atoms with Crippen LogP contribution in [0.15, 0.2) is 96.0 Å². The first-order valence-corrected chi connectivity index (χ1v) is 10.4. The Hall–Kier alpha value is -4.59. The van der Waals surface area contributed by atoms with Crippen molar-refractivity contribution in [1.29, 1.82) is 0 Å². The van der Waals surface area contributed by atoms with Gasteiger partial charge in [0.05, 0.1) is 11.6 Å². The number of nitrogens with one attached hydrogen (secondary N) is 1. The SMILES string of the molecule is CC(NC(=O)c1cn(-c2ncccc2-c2nc(-c3ccccc3)no2)cn1)c1ccccc1. The van der Waals surface area contributed by atoms with Crippen molar-refractivity contribution in [3.05, 3.63) is 103 Å². The normalized spacial score (nSPS) is 11.8. The van der Waals surface area contributed by atoms with Gasteiger partial charge in [0.1, 0.15) is 12.0 Å². The lowest BCUT2D eigenvalue weighted by Crippen LogP contribution is -2.26. The lowest BCUT2D eigenvalue weighted by atomic mass is 10.1. The van der Waals surface area contributed by atoms with E-state index in [0.717, 1.165) is 11.1 Å². The summed E-state index contributed by atoms with van der Waals surface area (Å²) in [5.74, 6) is 1.07. The highest BCUT2D eigenvalue weighted by atomic mass is 16.5. The Morgan fingerprint density at radius 2 is 1.73 bits per heavy atom. The smallest absolute Gasteiger partial charge is 0.271 e. The topological polar surface area (TPSA) is 98.7 Å². The number of aromatic nitrogens is 5. The number of amides is 1. The van der Waals surface area contributed by atoms with Crippen LogP contribution < -0.4 is 5.32 Å². The molecule has 0 saturated heterocycles. The number of hydrogen-bond acceptors (Lipinski definition) is 6. The van der Waals surface area contributed by atoms with Gasteiger partial charge in [-0.2, -0.15) is 4.98 Å². The van der Waals surface area contributed by atoms with Crippen LogP contribution in [0.5, 0.6) is 0 Å². The zero-order valence-electron chi connectivity index (χ0n) is 17.8. The average Bonchev–Trinajstić information content (AvgIpc) is 3.56. The summed E-state index contributed by atoms with van der Waals surface area (Å²) in [6.45, 7) is 1.93. The lowest BCUT2D eigenvalue weighted by Gasteiger charge is -2.13. The van der Waals surface area contributed by atoms with Crippen molar-refractivity contribution >= 4 is 5.91 Å². The Bertz CT molecular complexity index is 1380. The van der Waals surface area contributed by atoms with E-state index in [2.05, 4.69) is 25.4 Å². The number of carbonyl (C=O) groups excluding carboxylic acids is 1. The predicted octanol–water partition coefficient (Wildman–Crippen LogP) is 4.48. The number of rotatable bonds is 6. The standard InChI is InChI=1S/C25H20N6O2/c1-17(18-9-4-2-5-10-18)28-24(32)21-15-31(16-27-21)23-20(13-8-14-26-23)25-29-22(30-33-25)19-11-6-3-7-12-19/h2-17H,1H3,(H,28,32). The molecule has 5 rings (SSSR count). The first-order valence-electron chi connectivity index (χ1n) is 10.4. The van der Waals surface area contributed by atoms with E-state index in [-0.39, 0.29) is 17.6 Å². The van der Waals surface area contributed by atoms with Crippen molar-refractivity contribution in [3.8, 4) is 28.7 Å². The molecule has 1 N–H and O–H groups in total. The molecule has 1 atom stereocenters. The summed E-state index contributed by atoms with van der Waals surface area (Å²) in [5.41, 5.74) is 2.79. The van der Waals surface area contributed by atoms with Gasteiger partial charge >= 0.3 is 0 Å². The molecule has 8 heteroatoms. The molecule has 2 aromatic carbocycles. The van der Waals surface area contributed by atoms with Gasteiger partial charge in [0.15, 0.2) is 5.82 Å². The largest absolute Gasteiger partial charge is 0.344 e. The minimum Gasteiger partial charge on any atom is -0.344 e.